The van der Waals surface area contributed by atoms with E-state index in [9.17, 15) is 0 Å². The quantitative estimate of drug-likeness (QED) is 0.695. The van der Waals surface area contributed by atoms with Gasteiger partial charge in [-0.25, -0.2) is 0 Å². The van der Waals surface area contributed by atoms with Crippen LogP contribution in [0.1, 0.15) is 39.0 Å². The topological polar surface area (TPSA) is 41.5 Å². The molecule has 2 rings (SSSR count). The number of nitrogens with one attached hydrogen (secondary N) is 1. The summed E-state index contributed by atoms with van der Waals surface area (Å²) in [6.45, 7) is 2.50. The second kappa shape index (κ2) is 4.60. The summed E-state index contributed by atoms with van der Waals surface area (Å²) in [4.78, 5) is 0. The van der Waals surface area contributed by atoms with E-state index in [2.05, 4.69) is 12.2 Å². The molecule has 0 radical (unpaired) electrons. The van der Waals surface area contributed by atoms with E-state index in [4.69, 9.17) is 9.84 Å². The molecule has 2 bridgehead atoms. The maximum Gasteiger partial charge on any atom is 0.0733 e. The number of hydrogen-bond acceptors (Lipinski definition) is 3. The lowest BCUT2D eigenvalue weighted by molar-refractivity contribution is 0.0959. The first-order chi connectivity index (χ1) is 6.79. The van der Waals surface area contributed by atoms with Crippen LogP contribution >= 0.6 is 0 Å². The lowest BCUT2D eigenvalue weighted by atomic mass is 9.94. The fourth-order valence-electron chi connectivity index (χ4n) is 2.66. The number of fused-ring (bicyclic) bond motifs is 2. The Morgan fingerprint density at radius 1 is 1.50 bits per heavy atom. The molecule has 0 spiro atoms. The molecule has 2 fully saturated rings. The zero-order valence-corrected chi connectivity index (χ0v) is 8.91. The first kappa shape index (κ1) is 10.4. The van der Waals surface area contributed by atoms with Crippen LogP contribution in [0.3, 0.4) is 0 Å². The SMILES string of the molecule is CC(CCCO)NC1CC2CCC1O2. The van der Waals surface area contributed by atoms with Gasteiger partial charge in [0, 0.05) is 18.7 Å². The Kier molecular flexibility index (Phi) is 3.42. The van der Waals surface area contributed by atoms with Crippen molar-refractivity contribution in [2.75, 3.05) is 6.61 Å². The molecule has 4 unspecified atom stereocenters. The monoisotopic (exact) mass is 199 g/mol. The summed E-state index contributed by atoms with van der Waals surface area (Å²) in [6, 6.07) is 1.08. The summed E-state index contributed by atoms with van der Waals surface area (Å²) < 4.78 is 5.78. The third-order valence-corrected chi connectivity index (χ3v) is 3.40. The molecule has 2 heterocycles. The van der Waals surface area contributed by atoms with Crippen LogP contribution in [0, 0.1) is 0 Å². The molecule has 2 aliphatic rings. The fourth-order valence-corrected chi connectivity index (χ4v) is 2.66. The number of aliphatic hydroxyl groups excluding tert-OH is 1. The zero-order valence-electron chi connectivity index (χ0n) is 8.91. The lowest BCUT2D eigenvalue weighted by Crippen LogP contribution is -2.42. The highest BCUT2D eigenvalue weighted by molar-refractivity contribution is 4.94. The first-order valence-corrected chi connectivity index (χ1v) is 5.82. The Bertz CT molecular complexity index is 186. The van der Waals surface area contributed by atoms with Gasteiger partial charge in [-0.05, 0) is 39.0 Å². The molecule has 0 aromatic rings. The molecule has 3 heteroatoms. The zero-order chi connectivity index (χ0) is 9.97. The molecule has 2 N–H and O–H groups in total. The minimum absolute atomic E-state index is 0.305. The van der Waals surface area contributed by atoms with Crippen molar-refractivity contribution in [2.45, 2.75) is 63.3 Å². The smallest absolute Gasteiger partial charge is 0.0733 e. The van der Waals surface area contributed by atoms with Crippen molar-refractivity contribution in [2.24, 2.45) is 0 Å². The lowest BCUT2D eigenvalue weighted by Gasteiger charge is -2.24. The highest BCUT2D eigenvalue weighted by Gasteiger charge is 2.40. The second-order valence-corrected chi connectivity index (χ2v) is 4.65. The van der Waals surface area contributed by atoms with Gasteiger partial charge in [0.05, 0.1) is 12.2 Å². The molecular formula is C11H21NO2. The van der Waals surface area contributed by atoms with Crippen molar-refractivity contribution in [3.63, 3.8) is 0 Å². The molecule has 0 aliphatic carbocycles. The molecule has 0 aromatic heterocycles. The molecule has 0 saturated carbocycles. The van der Waals surface area contributed by atoms with E-state index in [0.717, 1.165) is 12.8 Å². The van der Waals surface area contributed by atoms with Crippen LogP contribution in [0.4, 0.5) is 0 Å². The van der Waals surface area contributed by atoms with Crippen LogP contribution in [-0.2, 0) is 4.74 Å². The minimum Gasteiger partial charge on any atom is -0.396 e. The summed E-state index contributed by atoms with van der Waals surface area (Å²) in [5, 5.41) is 12.3. The Hall–Kier alpha value is -0.120. The predicted octanol–water partition coefficient (Wildman–Crippen LogP) is 1.06. The standard InChI is InChI=1S/C11H21NO2/c1-8(3-2-6-13)12-10-7-9-4-5-11(10)14-9/h8-13H,2-7H2,1H3. The highest BCUT2D eigenvalue weighted by atomic mass is 16.5. The summed E-state index contributed by atoms with van der Waals surface area (Å²) in [7, 11) is 0. The Morgan fingerprint density at radius 3 is 2.93 bits per heavy atom. The van der Waals surface area contributed by atoms with Gasteiger partial charge in [0.25, 0.3) is 0 Å². The van der Waals surface area contributed by atoms with E-state index in [1.807, 2.05) is 0 Å². The van der Waals surface area contributed by atoms with Crippen LogP contribution < -0.4 is 5.32 Å². The Morgan fingerprint density at radius 2 is 2.36 bits per heavy atom. The Labute approximate surface area is 85.8 Å². The van der Waals surface area contributed by atoms with Crippen LogP contribution in [0.25, 0.3) is 0 Å². The van der Waals surface area contributed by atoms with Gasteiger partial charge in [-0.2, -0.15) is 0 Å². The van der Waals surface area contributed by atoms with Gasteiger partial charge in [-0.15, -0.1) is 0 Å². The number of hydrogen-bond donors (Lipinski definition) is 2. The van der Waals surface area contributed by atoms with Crippen LogP contribution in [0.2, 0.25) is 0 Å². The number of rotatable bonds is 5. The molecule has 2 aliphatic heterocycles. The molecule has 2 saturated heterocycles. The number of aliphatic hydroxyl groups is 1. The minimum atomic E-state index is 0.305. The summed E-state index contributed by atoms with van der Waals surface area (Å²) in [5.74, 6) is 0. The van der Waals surface area contributed by atoms with Gasteiger partial charge in [-0.3, -0.25) is 0 Å². The molecule has 82 valence electrons. The molecule has 3 nitrogen and oxygen atoms in total. The predicted molar refractivity (Wildman–Crippen MR) is 55.2 cm³/mol. The van der Waals surface area contributed by atoms with Gasteiger partial charge in [0.2, 0.25) is 0 Å². The highest BCUT2D eigenvalue weighted by Crippen LogP contribution is 2.34. The maximum atomic E-state index is 8.73. The third-order valence-electron chi connectivity index (χ3n) is 3.40. The summed E-state index contributed by atoms with van der Waals surface area (Å²) in [5.41, 5.74) is 0. The van der Waals surface area contributed by atoms with Crippen LogP contribution in [-0.4, -0.2) is 36.0 Å². The van der Waals surface area contributed by atoms with Gasteiger partial charge < -0.3 is 15.2 Å². The molecular weight excluding hydrogens is 178 g/mol. The average molecular weight is 199 g/mol. The van der Waals surface area contributed by atoms with Crippen molar-refractivity contribution in [3.05, 3.63) is 0 Å². The molecule has 0 aromatic carbocycles. The largest absolute Gasteiger partial charge is 0.396 e. The van der Waals surface area contributed by atoms with Crippen molar-refractivity contribution in [1.82, 2.24) is 5.32 Å². The van der Waals surface area contributed by atoms with E-state index in [1.165, 1.54) is 19.3 Å². The van der Waals surface area contributed by atoms with Gasteiger partial charge in [-0.1, -0.05) is 0 Å². The van der Waals surface area contributed by atoms with E-state index in [1.54, 1.807) is 0 Å². The van der Waals surface area contributed by atoms with Gasteiger partial charge >= 0.3 is 0 Å². The first-order valence-electron chi connectivity index (χ1n) is 5.82. The van der Waals surface area contributed by atoms with Gasteiger partial charge in [0.1, 0.15) is 0 Å². The molecule has 4 atom stereocenters. The van der Waals surface area contributed by atoms with E-state index in [-0.39, 0.29) is 0 Å². The second-order valence-electron chi connectivity index (χ2n) is 4.65. The maximum absolute atomic E-state index is 8.73. The van der Waals surface area contributed by atoms with Crippen molar-refractivity contribution in [1.29, 1.82) is 0 Å². The van der Waals surface area contributed by atoms with E-state index < -0.39 is 0 Å². The fraction of sp³-hybridized carbons (Fsp3) is 1.00. The van der Waals surface area contributed by atoms with E-state index >= 15 is 0 Å². The van der Waals surface area contributed by atoms with Crippen LogP contribution in [0.5, 0.6) is 0 Å². The van der Waals surface area contributed by atoms with Crippen molar-refractivity contribution in [3.8, 4) is 0 Å². The third kappa shape index (κ3) is 2.27. The van der Waals surface area contributed by atoms with Crippen molar-refractivity contribution < 1.29 is 9.84 Å². The van der Waals surface area contributed by atoms with E-state index in [0.29, 0.717) is 30.9 Å². The number of ether oxygens (including phenoxy) is 1. The summed E-state index contributed by atoms with van der Waals surface area (Å²) >= 11 is 0. The van der Waals surface area contributed by atoms with Crippen molar-refractivity contribution >= 4 is 0 Å². The molecule has 14 heavy (non-hydrogen) atoms. The molecule has 0 amide bonds. The Balaban J connectivity index is 1.70. The summed E-state index contributed by atoms with van der Waals surface area (Å²) in [6.07, 6.45) is 6.64. The van der Waals surface area contributed by atoms with Crippen LogP contribution in [0.15, 0.2) is 0 Å². The normalized spacial score (nSPS) is 37.7. The average Bonchev–Trinajstić information content (AvgIpc) is 2.76. The van der Waals surface area contributed by atoms with Gasteiger partial charge in [0.15, 0.2) is 0 Å².